The number of rotatable bonds is 8. The average Bonchev–Trinajstić information content (AvgIpc) is 3.62. The molecule has 0 saturated carbocycles. The van der Waals surface area contributed by atoms with Gasteiger partial charge in [0.1, 0.15) is 18.2 Å². The molecule has 210 valence electrons. The molecule has 3 heterocycles. The third kappa shape index (κ3) is 5.58. The first kappa shape index (κ1) is 26.8. The number of fused-ring (bicyclic) bond motifs is 1. The van der Waals surface area contributed by atoms with E-state index in [2.05, 4.69) is 15.2 Å². The second-order valence-corrected chi connectivity index (χ2v) is 9.39. The Bertz CT molecular complexity index is 1700. The minimum atomic E-state index is -1.18. The van der Waals surface area contributed by atoms with Crippen LogP contribution in [0.15, 0.2) is 110 Å². The van der Waals surface area contributed by atoms with Gasteiger partial charge >= 0.3 is 17.9 Å². The lowest BCUT2D eigenvalue weighted by atomic mass is 10.1. The van der Waals surface area contributed by atoms with Gasteiger partial charge in [-0.2, -0.15) is 5.10 Å². The maximum absolute atomic E-state index is 13.3. The number of hydrogen-bond donors (Lipinski definition) is 0. The molecule has 3 aromatic carbocycles. The standard InChI is InChI=1S/C31H24N4O7/c36-29(20-10-4-1-5-11-20)39-18-24-25(41-30(37)21-12-6-2-7-13-21)26(42-31(38)22-14-8-3-9-15-22)28(40-24)35-19-32-23-16-17-33-34-27(23)35/h1-17,19,24-26,28H,18H2/t24-,25-,26-,28-/m1/s1. The van der Waals surface area contributed by atoms with E-state index in [0.717, 1.165) is 0 Å². The van der Waals surface area contributed by atoms with Crippen molar-refractivity contribution in [3.05, 3.63) is 126 Å². The number of ether oxygens (including phenoxy) is 4. The maximum atomic E-state index is 13.3. The van der Waals surface area contributed by atoms with Crippen LogP contribution < -0.4 is 0 Å². The summed E-state index contributed by atoms with van der Waals surface area (Å²) >= 11 is 0. The van der Waals surface area contributed by atoms with E-state index in [1.807, 2.05) is 0 Å². The molecule has 2 aromatic heterocycles. The number of carbonyl (C=O) groups is 3. The van der Waals surface area contributed by atoms with Crippen molar-refractivity contribution in [3.8, 4) is 0 Å². The maximum Gasteiger partial charge on any atom is 0.338 e. The first-order valence-electron chi connectivity index (χ1n) is 13.1. The zero-order valence-corrected chi connectivity index (χ0v) is 22.1. The summed E-state index contributed by atoms with van der Waals surface area (Å²) in [6.45, 7) is -0.297. The Morgan fingerprint density at radius 2 is 1.26 bits per heavy atom. The van der Waals surface area contributed by atoms with E-state index in [9.17, 15) is 14.4 Å². The molecule has 1 saturated heterocycles. The SMILES string of the molecule is O=C(OC[C@H]1O[C@@H](n2cnc3ccnnc32)[C@H](OC(=O)c2ccccc2)[C@@H]1OC(=O)c1ccccc1)c1ccccc1. The Kier molecular flexibility index (Phi) is 7.64. The topological polar surface area (TPSA) is 132 Å². The molecular weight excluding hydrogens is 540 g/mol. The number of nitrogens with zero attached hydrogens (tertiary/aromatic N) is 4. The van der Waals surface area contributed by atoms with Gasteiger partial charge in [0.25, 0.3) is 0 Å². The highest BCUT2D eigenvalue weighted by Crippen LogP contribution is 2.36. The molecule has 11 heteroatoms. The molecule has 1 aliphatic rings. The molecule has 0 spiro atoms. The van der Waals surface area contributed by atoms with Crippen molar-refractivity contribution in [2.24, 2.45) is 0 Å². The van der Waals surface area contributed by atoms with Crippen LogP contribution in [0.25, 0.3) is 11.2 Å². The van der Waals surface area contributed by atoms with E-state index in [-0.39, 0.29) is 12.2 Å². The quantitative estimate of drug-likeness (QED) is 0.201. The Labute approximate surface area is 239 Å². The lowest BCUT2D eigenvalue weighted by molar-refractivity contribution is -0.0606. The van der Waals surface area contributed by atoms with Crippen LogP contribution in [0, 0.1) is 0 Å². The number of hydrogen-bond acceptors (Lipinski definition) is 10. The Balaban J connectivity index is 1.36. The molecule has 0 aliphatic carbocycles. The molecule has 0 bridgehead atoms. The predicted octanol–water partition coefficient (Wildman–Crippen LogP) is 4.03. The van der Waals surface area contributed by atoms with Crippen molar-refractivity contribution in [2.45, 2.75) is 24.5 Å². The van der Waals surface area contributed by atoms with Crippen LogP contribution in [0.5, 0.6) is 0 Å². The molecule has 4 atom stereocenters. The van der Waals surface area contributed by atoms with Gasteiger partial charge in [-0.1, -0.05) is 54.6 Å². The smallest absolute Gasteiger partial charge is 0.338 e. The van der Waals surface area contributed by atoms with Crippen molar-refractivity contribution in [1.29, 1.82) is 0 Å². The van der Waals surface area contributed by atoms with Crippen molar-refractivity contribution in [3.63, 3.8) is 0 Å². The van der Waals surface area contributed by atoms with Crippen molar-refractivity contribution < 1.29 is 33.3 Å². The molecule has 0 amide bonds. The number of esters is 3. The van der Waals surface area contributed by atoms with Crippen LogP contribution in [0.2, 0.25) is 0 Å². The van der Waals surface area contributed by atoms with Gasteiger partial charge in [0.05, 0.1) is 29.2 Å². The van der Waals surface area contributed by atoms with Crippen molar-refractivity contribution in [1.82, 2.24) is 19.7 Å². The molecule has 11 nitrogen and oxygen atoms in total. The van der Waals surface area contributed by atoms with E-state index in [1.165, 1.54) is 12.5 Å². The largest absolute Gasteiger partial charge is 0.459 e. The fourth-order valence-corrected chi connectivity index (χ4v) is 4.65. The van der Waals surface area contributed by atoms with Crippen molar-refractivity contribution >= 4 is 29.1 Å². The van der Waals surface area contributed by atoms with Gasteiger partial charge in [0, 0.05) is 0 Å². The monoisotopic (exact) mass is 564 g/mol. The van der Waals surface area contributed by atoms with Crippen LogP contribution in [0.1, 0.15) is 37.3 Å². The Hall–Kier alpha value is -5.42. The van der Waals surface area contributed by atoms with E-state index in [0.29, 0.717) is 22.3 Å². The second kappa shape index (κ2) is 12.0. The van der Waals surface area contributed by atoms with Crippen molar-refractivity contribution in [2.75, 3.05) is 6.61 Å². The lowest BCUT2D eigenvalue weighted by Crippen LogP contribution is -2.41. The summed E-state index contributed by atoms with van der Waals surface area (Å²) in [5.41, 5.74) is 1.80. The molecule has 6 rings (SSSR count). The minimum absolute atomic E-state index is 0.285. The molecule has 1 fully saturated rings. The minimum Gasteiger partial charge on any atom is -0.459 e. The van der Waals surface area contributed by atoms with Crippen LogP contribution in [-0.2, 0) is 18.9 Å². The fourth-order valence-electron chi connectivity index (χ4n) is 4.65. The third-order valence-electron chi connectivity index (χ3n) is 6.70. The highest BCUT2D eigenvalue weighted by Gasteiger charge is 2.51. The van der Waals surface area contributed by atoms with E-state index < -0.39 is 42.4 Å². The molecule has 1 aliphatic heterocycles. The molecular formula is C31H24N4O7. The van der Waals surface area contributed by atoms with Gasteiger partial charge < -0.3 is 18.9 Å². The predicted molar refractivity (Wildman–Crippen MR) is 147 cm³/mol. The summed E-state index contributed by atoms with van der Waals surface area (Å²) in [6, 6.07) is 26.9. The number of aromatic nitrogens is 4. The summed E-state index contributed by atoms with van der Waals surface area (Å²) in [5.74, 6) is -1.92. The Morgan fingerprint density at radius 3 is 1.86 bits per heavy atom. The van der Waals surface area contributed by atoms with Gasteiger partial charge in [-0.25, -0.2) is 19.4 Å². The van der Waals surface area contributed by atoms with E-state index >= 15 is 0 Å². The highest BCUT2D eigenvalue weighted by atomic mass is 16.7. The number of imidazole rings is 1. The van der Waals surface area contributed by atoms with Crippen LogP contribution in [0.4, 0.5) is 0 Å². The molecule has 0 unspecified atom stereocenters. The molecule has 0 N–H and O–H groups in total. The van der Waals surface area contributed by atoms with Gasteiger partial charge in [0.15, 0.2) is 24.1 Å². The summed E-state index contributed by atoms with van der Waals surface area (Å²) in [5, 5.41) is 8.11. The van der Waals surface area contributed by atoms with E-state index in [4.69, 9.17) is 18.9 Å². The van der Waals surface area contributed by atoms with Crippen LogP contribution in [0.3, 0.4) is 0 Å². The zero-order valence-electron chi connectivity index (χ0n) is 22.1. The van der Waals surface area contributed by atoms with Crippen LogP contribution >= 0.6 is 0 Å². The normalized spacial score (nSPS) is 19.7. The van der Waals surface area contributed by atoms with Gasteiger partial charge in [0.2, 0.25) is 0 Å². The lowest BCUT2D eigenvalue weighted by Gasteiger charge is -2.25. The summed E-state index contributed by atoms with van der Waals surface area (Å²) in [6.07, 6.45) is -1.44. The summed E-state index contributed by atoms with van der Waals surface area (Å²) in [7, 11) is 0. The molecule has 5 aromatic rings. The molecule has 42 heavy (non-hydrogen) atoms. The van der Waals surface area contributed by atoms with Gasteiger partial charge in [-0.3, -0.25) is 4.57 Å². The fraction of sp³-hybridized carbons (Fsp3) is 0.161. The first-order chi connectivity index (χ1) is 20.6. The summed E-state index contributed by atoms with van der Waals surface area (Å²) < 4.78 is 25.4. The number of benzene rings is 3. The van der Waals surface area contributed by atoms with Crippen LogP contribution in [-0.4, -0.2) is 62.6 Å². The third-order valence-corrected chi connectivity index (χ3v) is 6.70. The highest BCUT2D eigenvalue weighted by molar-refractivity contribution is 5.91. The molecule has 0 radical (unpaired) electrons. The van der Waals surface area contributed by atoms with Gasteiger partial charge in [-0.05, 0) is 42.5 Å². The number of carbonyl (C=O) groups excluding carboxylic acids is 3. The Morgan fingerprint density at radius 1 is 0.714 bits per heavy atom. The second-order valence-electron chi connectivity index (χ2n) is 9.39. The van der Waals surface area contributed by atoms with Gasteiger partial charge in [-0.15, -0.1) is 5.10 Å². The zero-order chi connectivity index (χ0) is 28.9. The van der Waals surface area contributed by atoms with E-state index in [1.54, 1.807) is 102 Å². The summed E-state index contributed by atoms with van der Waals surface area (Å²) in [4.78, 5) is 43.7. The average molecular weight is 565 g/mol. The first-order valence-corrected chi connectivity index (χ1v) is 13.1.